The van der Waals surface area contributed by atoms with Gasteiger partial charge >= 0.3 is 0 Å². The molecule has 0 bridgehead atoms. The minimum atomic E-state index is 0.140. The number of aromatic nitrogens is 1. The summed E-state index contributed by atoms with van der Waals surface area (Å²) in [6.45, 7) is 0. The van der Waals surface area contributed by atoms with E-state index in [4.69, 9.17) is 4.99 Å². The first-order valence-corrected chi connectivity index (χ1v) is 11.5. The fraction of sp³-hybridized carbons (Fsp3) is 0.0800. The number of rotatable bonds is 4. The Kier molecular flexibility index (Phi) is 3.99. The van der Waals surface area contributed by atoms with E-state index < -0.39 is 0 Å². The first-order valence-electron chi connectivity index (χ1n) is 9.73. The average Bonchev–Trinajstić information content (AvgIpc) is 3.55. The Hall–Kier alpha value is -2.95. The van der Waals surface area contributed by atoms with Crippen LogP contribution in [0.1, 0.15) is 27.7 Å². The molecule has 6 rings (SSSR count). The second-order valence-corrected chi connectivity index (χ2v) is 9.16. The molecule has 0 amide bonds. The summed E-state index contributed by atoms with van der Waals surface area (Å²) in [5.74, 6) is 0. The van der Waals surface area contributed by atoms with Crippen molar-refractivity contribution < 1.29 is 0 Å². The number of H-pyrrole nitrogens is 1. The van der Waals surface area contributed by atoms with Crippen LogP contribution >= 0.6 is 22.7 Å². The molecule has 1 N–H and O–H groups in total. The summed E-state index contributed by atoms with van der Waals surface area (Å²) in [7, 11) is 0. The van der Waals surface area contributed by atoms with Crippen molar-refractivity contribution >= 4 is 39.2 Å². The van der Waals surface area contributed by atoms with Crippen LogP contribution in [0.2, 0.25) is 0 Å². The molecule has 0 aliphatic carbocycles. The fourth-order valence-electron chi connectivity index (χ4n) is 4.28. The van der Waals surface area contributed by atoms with Crippen molar-refractivity contribution in [2.24, 2.45) is 4.99 Å². The van der Waals surface area contributed by atoms with Crippen molar-refractivity contribution in [2.45, 2.75) is 12.5 Å². The normalized spacial score (nSPS) is 15.6. The number of hydrogen-bond donors (Lipinski definition) is 1. The number of nitrogens with one attached hydrogen (secondary N) is 1. The molecule has 0 fully saturated rings. The third-order valence-corrected chi connectivity index (χ3v) is 7.34. The van der Waals surface area contributed by atoms with Gasteiger partial charge in [-0.1, -0.05) is 60.7 Å². The highest BCUT2D eigenvalue weighted by molar-refractivity contribution is 7.13. The number of benzene rings is 2. The predicted octanol–water partition coefficient (Wildman–Crippen LogP) is 7.09. The van der Waals surface area contributed by atoms with Crippen LogP contribution in [0.3, 0.4) is 0 Å². The first kappa shape index (κ1) is 17.0. The number of aromatic amines is 1. The van der Waals surface area contributed by atoms with Crippen LogP contribution in [0.15, 0.2) is 88.5 Å². The Bertz CT molecular complexity index is 1320. The van der Waals surface area contributed by atoms with Gasteiger partial charge in [0.15, 0.2) is 0 Å². The van der Waals surface area contributed by atoms with Gasteiger partial charge in [-0.2, -0.15) is 0 Å². The summed E-state index contributed by atoms with van der Waals surface area (Å²) < 4.78 is 0. The third kappa shape index (κ3) is 2.79. The van der Waals surface area contributed by atoms with Gasteiger partial charge in [0, 0.05) is 28.5 Å². The molecule has 0 radical (unpaired) electrons. The maximum absolute atomic E-state index is 5.18. The van der Waals surface area contributed by atoms with E-state index in [0.29, 0.717) is 0 Å². The van der Waals surface area contributed by atoms with Gasteiger partial charge in [0.25, 0.3) is 0 Å². The van der Waals surface area contributed by atoms with Crippen molar-refractivity contribution in [3.63, 3.8) is 0 Å². The van der Waals surface area contributed by atoms with Gasteiger partial charge in [0.1, 0.15) is 0 Å². The highest BCUT2D eigenvalue weighted by Crippen LogP contribution is 2.39. The summed E-state index contributed by atoms with van der Waals surface area (Å²) in [5, 5.41) is 6.85. The Labute approximate surface area is 177 Å². The lowest BCUT2D eigenvalue weighted by molar-refractivity contribution is 0.731. The number of nitrogens with zero attached hydrogens (tertiary/aromatic N) is 1. The fourth-order valence-corrected chi connectivity index (χ4v) is 5.76. The number of aliphatic imine (C=N–C) groups is 1. The van der Waals surface area contributed by atoms with Crippen LogP contribution in [0.5, 0.6) is 0 Å². The second kappa shape index (κ2) is 6.83. The number of thiophene rings is 2. The Balaban J connectivity index is 1.46. The Morgan fingerprint density at radius 3 is 2.28 bits per heavy atom. The zero-order chi connectivity index (χ0) is 19.2. The Morgan fingerprint density at radius 1 is 0.759 bits per heavy atom. The zero-order valence-electron chi connectivity index (χ0n) is 15.6. The lowest BCUT2D eigenvalue weighted by Crippen LogP contribution is -1.99. The van der Waals surface area contributed by atoms with E-state index in [1.165, 1.54) is 43.0 Å². The quantitative estimate of drug-likeness (QED) is 0.327. The molecule has 4 heteroatoms. The third-order valence-electron chi connectivity index (χ3n) is 5.58. The molecule has 0 saturated heterocycles. The van der Waals surface area contributed by atoms with Crippen molar-refractivity contribution in [3.8, 4) is 10.6 Å². The summed E-state index contributed by atoms with van der Waals surface area (Å²) >= 11 is 3.54. The number of hydrogen-bond acceptors (Lipinski definition) is 3. The lowest BCUT2D eigenvalue weighted by atomic mass is 9.97. The minimum Gasteiger partial charge on any atom is -0.357 e. The topological polar surface area (TPSA) is 28.1 Å². The van der Waals surface area contributed by atoms with E-state index in [1.807, 2.05) is 0 Å². The average molecular weight is 411 g/mol. The first-order chi connectivity index (χ1) is 14.4. The van der Waals surface area contributed by atoms with Crippen molar-refractivity contribution in [2.75, 3.05) is 0 Å². The molecule has 2 aromatic carbocycles. The minimum absolute atomic E-state index is 0.140. The molecule has 29 heavy (non-hydrogen) atoms. The molecular weight excluding hydrogens is 392 g/mol. The molecule has 2 nitrogen and oxygen atoms in total. The van der Waals surface area contributed by atoms with Crippen molar-refractivity contribution in [3.05, 3.63) is 105 Å². The standard InChI is InChI=1S/C25H18N2S2/c1-3-9-18-16(7-1)20(26-24(18)22-11-5-13-28-22)15-21-17-8-2-4-10-19(17)25(27-21)23-12-6-14-29-23/h1-14,20,27H,15H2. The van der Waals surface area contributed by atoms with Crippen LogP contribution in [-0.4, -0.2) is 10.7 Å². The molecule has 0 spiro atoms. The van der Waals surface area contributed by atoms with Crippen molar-refractivity contribution in [1.82, 2.24) is 4.98 Å². The van der Waals surface area contributed by atoms with Gasteiger partial charge in [0.05, 0.1) is 27.2 Å². The predicted molar refractivity (Wildman–Crippen MR) is 124 cm³/mol. The molecule has 1 aliphatic heterocycles. The molecule has 1 atom stereocenters. The highest BCUT2D eigenvalue weighted by Gasteiger charge is 2.27. The van der Waals surface area contributed by atoms with E-state index in [0.717, 1.165) is 12.1 Å². The molecule has 5 aromatic rings. The van der Waals surface area contributed by atoms with E-state index in [-0.39, 0.29) is 6.04 Å². The molecule has 4 heterocycles. The van der Waals surface area contributed by atoms with Gasteiger partial charge in [-0.25, -0.2) is 0 Å². The van der Waals surface area contributed by atoms with Crippen LogP contribution in [0.4, 0.5) is 0 Å². The number of fused-ring (bicyclic) bond motifs is 2. The van der Waals surface area contributed by atoms with Gasteiger partial charge in [0.2, 0.25) is 0 Å². The summed E-state index contributed by atoms with van der Waals surface area (Å²) in [6, 6.07) is 26.1. The molecule has 1 aliphatic rings. The van der Waals surface area contributed by atoms with Gasteiger partial charge in [-0.3, -0.25) is 4.99 Å². The van der Waals surface area contributed by atoms with E-state index >= 15 is 0 Å². The molecule has 140 valence electrons. The molecule has 0 saturated carbocycles. The summed E-state index contributed by atoms with van der Waals surface area (Å²) in [4.78, 5) is 11.5. The van der Waals surface area contributed by atoms with Gasteiger partial charge < -0.3 is 4.98 Å². The second-order valence-electron chi connectivity index (χ2n) is 7.26. The lowest BCUT2D eigenvalue weighted by Gasteiger charge is -2.09. The molecule has 1 unspecified atom stereocenters. The van der Waals surface area contributed by atoms with E-state index in [2.05, 4.69) is 88.5 Å². The smallest absolute Gasteiger partial charge is 0.0829 e. The Morgan fingerprint density at radius 2 is 1.48 bits per heavy atom. The van der Waals surface area contributed by atoms with Crippen LogP contribution in [0.25, 0.3) is 21.3 Å². The van der Waals surface area contributed by atoms with Crippen LogP contribution < -0.4 is 0 Å². The zero-order valence-corrected chi connectivity index (χ0v) is 17.3. The van der Waals surface area contributed by atoms with Crippen molar-refractivity contribution in [1.29, 1.82) is 0 Å². The maximum atomic E-state index is 5.18. The van der Waals surface area contributed by atoms with E-state index in [1.54, 1.807) is 22.7 Å². The summed E-state index contributed by atoms with van der Waals surface area (Å²) in [5.41, 5.74) is 6.22. The van der Waals surface area contributed by atoms with Gasteiger partial charge in [-0.05, 0) is 28.5 Å². The molecule has 3 aromatic heterocycles. The highest BCUT2D eigenvalue weighted by atomic mass is 32.1. The molecular formula is C25H18N2S2. The largest absolute Gasteiger partial charge is 0.357 e. The SMILES string of the molecule is c1csc(C2=NC(Cc3[nH]c(-c4cccs4)c4ccccc34)c3ccccc32)c1. The van der Waals surface area contributed by atoms with E-state index in [9.17, 15) is 0 Å². The van der Waals surface area contributed by atoms with Crippen LogP contribution in [0, 0.1) is 0 Å². The van der Waals surface area contributed by atoms with Gasteiger partial charge in [-0.15, -0.1) is 22.7 Å². The maximum Gasteiger partial charge on any atom is 0.0829 e. The van der Waals surface area contributed by atoms with Crippen LogP contribution in [-0.2, 0) is 6.42 Å². The monoisotopic (exact) mass is 410 g/mol. The summed E-state index contributed by atoms with van der Waals surface area (Å²) in [6.07, 6.45) is 0.873.